The Morgan fingerprint density at radius 1 is 1.18 bits per heavy atom. The lowest BCUT2D eigenvalue weighted by molar-refractivity contribution is 0.181. The smallest absolute Gasteiger partial charge is 0.326 e. The van der Waals surface area contributed by atoms with Crippen LogP contribution in [0.1, 0.15) is 31.0 Å². The summed E-state index contributed by atoms with van der Waals surface area (Å²) in [6.45, 7) is 4.62. The molecule has 116 valence electrons. The minimum Gasteiger partial charge on any atom is -0.378 e. The zero-order valence-corrected chi connectivity index (χ0v) is 13.0. The molecule has 2 N–H and O–H groups in total. The Morgan fingerprint density at radius 2 is 1.91 bits per heavy atom. The fraction of sp³-hybridized carbons (Fsp3) is 0.312. The van der Waals surface area contributed by atoms with E-state index in [1.165, 1.54) is 5.56 Å². The van der Waals surface area contributed by atoms with Gasteiger partial charge in [-0.15, -0.1) is 0 Å². The average Bonchev–Trinajstić information content (AvgIpc) is 2.48. The SMILES string of the molecule is COCc1ccnc(NC(=O)Nc2ccc(C(C)C)cc2)n1. The highest BCUT2D eigenvalue weighted by Gasteiger charge is 2.06. The van der Waals surface area contributed by atoms with Gasteiger partial charge in [-0.3, -0.25) is 5.32 Å². The molecule has 2 amide bonds. The Bertz CT molecular complexity index is 626. The Balaban J connectivity index is 1.96. The molecule has 0 atom stereocenters. The number of carbonyl (C=O) groups is 1. The van der Waals surface area contributed by atoms with E-state index in [2.05, 4.69) is 34.4 Å². The number of aromatic nitrogens is 2. The summed E-state index contributed by atoms with van der Waals surface area (Å²) >= 11 is 0. The molecule has 0 unspecified atom stereocenters. The summed E-state index contributed by atoms with van der Waals surface area (Å²) < 4.78 is 5.00. The fourth-order valence-corrected chi connectivity index (χ4v) is 1.90. The van der Waals surface area contributed by atoms with E-state index in [-0.39, 0.29) is 12.0 Å². The van der Waals surface area contributed by atoms with Crippen molar-refractivity contribution in [1.82, 2.24) is 9.97 Å². The van der Waals surface area contributed by atoms with Gasteiger partial charge >= 0.3 is 6.03 Å². The van der Waals surface area contributed by atoms with Gasteiger partial charge in [-0.25, -0.2) is 14.8 Å². The van der Waals surface area contributed by atoms with Crippen molar-refractivity contribution in [2.45, 2.75) is 26.4 Å². The lowest BCUT2D eigenvalue weighted by atomic mass is 10.0. The van der Waals surface area contributed by atoms with Crippen molar-refractivity contribution in [1.29, 1.82) is 0 Å². The molecular weight excluding hydrogens is 280 g/mol. The van der Waals surface area contributed by atoms with Gasteiger partial charge in [-0.2, -0.15) is 0 Å². The third kappa shape index (κ3) is 4.53. The number of carbonyl (C=O) groups excluding carboxylic acids is 1. The minimum absolute atomic E-state index is 0.242. The van der Waals surface area contributed by atoms with Crippen LogP contribution in [0.25, 0.3) is 0 Å². The first-order valence-corrected chi connectivity index (χ1v) is 7.07. The summed E-state index contributed by atoms with van der Waals surface area (Å²) in [5, 5.41) is 5.35. The number of benzene rings is 1. The molecule has 1 aromatic carbocycles. The van der Waals surface area contributed by atoms with Crippen LogP contribution in [0.2, 0.25) is 0 Å². The number of ether oxygens (including phenoxy) is 1. The second-order valence-corrected chi connectivity index (χ2v) is 5.16. The summed E-state index contributed by atoms with van der Waals surface area (Å²) in [4.78, 5) is 20.1. The van der Waals surface area contributed by atoms with E-state index >= 15 is 0 Å². The number of methoxy groups -OCH3 is 1. The molecule has 0 fully saturated rings. The Morgan fingerprint density at radius 3 is 2.55 bits per heavy atom. The van der Waals surface area contributed by atoms with Crippen molar-refractivity contribution in [3.8, 4) is 0 Å². The number of hydrogen-bond donors (Lipinski definition) is 2. The second-order valence-electron chi connectivity index (χ2n) is 5.16. The predicted molar refractivity (Wildman–Crippen MR) is 85.9 cm³/mol. The van der Waals surface area contributed by atoms with Gasteiger partial charge in [0.25, 0.3) is 0 Å². The van der Waals surface area contributed by atoms with Gasteiger partial charge < -0.3 is 10.1 Å². The van der Waals surface area contributed by atoms with Crippen LogP contribution < -0.4 is 10.6 Å². The Kier molecular flexibility index (Phi) is 5.43. The summed E-state index contributed by atoms with van der Waals surface area (Å²) in [7, 11) is 1.59. The van der Waals surface area contributed by atoms with E-state index in [1.54, 1.807) is 19.4 Å². The molecule has 22 heavy (non-hydrogen) atoms. The molecule has 2 rings (SSSR count). The maximum Gasteiger partial charge on any atom is 0.326 e. The van der Waals surface area contributed by atoms with Gasteiger partial charge in [0.2, 0.25) is 5.95 Å². The molecule has 2 aromatic rings. The van der Waals surface area contributed by atoms with Crippen molar-refractivity contribution >= 4 is 17.7 Å². The molecule has 0 aliphatic rings. The summed E-state index contributed by atoms with van der Waals surface area (Å²) in [6, 6.07) is 9.09. The third-order valence-corrected chi connectivity index (χ3v) is 3.07. The number of hydrogen-bond acceptors (Lipinski definition) is 4. The molecule has 1 aromatic heterocycles. The predicted octanol–water partition coefficient (Wildman–Crippen LogP) is 3.39. The lowest BCUT2D eigenvalue weighted by Crippen LogP contribution is -2.21. The molecule has 0 aliphatic heterocycles. The van der Waals surface area contributed by atoms with Gasteiger partial charge in [0.05, 0.1) is 12.3 Å². The van der Waals surface area contributed by atoms with Gasteiger partial charge in [-0.05, 0) is 29.7 Å². The van der Waals surface area contributed by atoms with Crippen LogP contribution in [0.3, 0.4) is 0 Å². The van der Waals surface area contributed by atoms with E-state index < -0.39 is 0 Å². The highest BCUT2D eigenvalue weighted by atomic mass is 16.5. The molecule has 0 radical (unpaired) electrons. The average molecular weight is 300 g/mol. The molecule has 1 heterocycles. The standard InChI is InChI=1S/C16H20N4O2/c1-11(2)12-4-6-13(7-5-12)19-16(21)20-15-17-9-8-14(18-15)10-22-3/h4-9,11H,10H2,1-3H3,(H2,17,18,19,20,21). The van der Waals surface area contributed by atoms with Crippen molar-refractivity contribution in [2.24, 2.45) is 0 Å². The molecule has 6 nitrogen and oxygen atoms in total. The first-order valence-electron chi connectivity index (χ1n) is 7.07. The van der Waals surface area contributed by atoms with E-state index in [0.29, 0.717) is 18.2 Å². The van der Waals surface area contributed by atoms with Crippen LogP contribution in [-0.2, 0) is 11.3 Å². The first kappa shape index (κ1) is 15.9. The van der Waals surface area contributed by atoms with Gasteiger partial charge in [0.15, 0.2) is 0 Å². The van der Waals surface area contributed by atoms with Crippen LogP contribution in [0, 0.1) is 0 Å². The number of urea groups is 1. The van der Waals surface area contributed by atoms with Gasteiger partial charge in [-0.1, -0.05) is 26.0 Å². The molecular formula is C16H20N4O2. The van der Waals surface area contributed by atoms with Crippen LogP contribution in [-0.4, -0.2) is 23.1 Å². The van der Waals surface area contributed by atoms with Crippen LogP contribution in [0.5, 0.6) is 0 Å². The molecule has 6 heteroatoms. The molecule has 0 spiro atoms. The fourth-order valence-electron chi connectivity index (χ4n) is 1.90. The largest absolute Gasteiger partial charge is 0.378 e. The Hall–Kier alpha value is -2.47. The number of amides is 2. The summed E-state index contributed by atoms with van der Waals surface area (Å²) in [5.41, 5.74) is 2.64. The van der Waals surface area contributed by atoms with Crippen LogP contribution >= 0.6 is 0 Å². The Labute approximate surface area is 129 Å². The summed E-state index contributed by atoms with van der Waals surface area (Å²) in [5.74, 6) is 0.700. The number of anilines is 2. The van der Waals surface area contributed by atoms with E-state index in [4.69, 9.17) is 4.74 Å². The topological polar surface area (TPSA) is 76.1 Å². The lowest BCUT2D eigenvalue weighted by Gasteiger charge is -2.09. The first-order chi connectivity index (χ1) is 10.6. The van der Waals surface area contributed by atoms with E-state index in [0.717, 1.165) is 5.69 Å². The minimum atomic E-state index is -0.383. The van der Waals surface area contributed by atoms with E-state index in [1.807, 2.05) is 24.3 Å². The zero-order valence-electron chi connectivity index (χ0n) is 13.0. The molecule has 0 bridgehead atoms. The zero-order chi connectivity index (χ0) is 15.9. The highest BCUT2D eigenvalue weighted by Crippen LogP contribution is 2.17. The maximum atomic E-state index is 11.9. The quantitative estimate of drug-likeness (QED) is 0.887. The van der Waals surface area contributed by atoms with Gasteiger partial charge in [0.1, 0.15) is 0 Å². The molecule has 0 aliphatic carbocycles. The van der Waals surface area contributed by atoms with Crippen molar-refractivity contribution < 1.29 is 9.53 Å². The summed E-state index contributed by atoms with van der Waals surface area (Å²) in [6.07, 6.45) is 1.58. The maximum absolute atomic E-state index is 11.9. The normalized spacial score (nSPS) is 10.5. The monoisotopic (exact) mass is 300 g/mol. The van der Waals surface area contributed by atoms with E-state index in [9.17, 15) is 4.79 Å². The number of nitrogens with one attached hydrogen (secondary N) is 2. The molecule has 0 saturated carbocycles. The van der Waals surface area contributed by atoms with Crippen molar-refractivity contribution in [3.05, 3.63) is 47.8 Å². The third-order valence-electron chi connectivity index (χ3n) is 3.07. The van der Waals surface area contributed by atoms with Gasteiger partial charge in [0, 0.05) is 19.0 Å². The van der Waals surface area contributed by atoms with Crippen molar-refractivity contribution in [3.63, 3.8) is 0 Å². The van der Waals surface area contributed by atoms with Crippen LogP contribution in [0.4, 0.5) is 16.4 Å². The van der Waals surface area contributed by atoms with Crippen molar-refractivity contribution in [2.75, 3.05) is 17.7 Å². The molecule has 0 saturated heterocycles. The second kappa shape index (κ2) is 7.51. The number of nitrogens with zero attached hydrogens (tertiary/aromatic N) is 2. The number of rotatable bonds is 5. The highest BCUT2D eigenvalue weighted by molar-refractivity contribution is 5.98. The van der Waals surface area contributed by atoms with Crippen LogP contribution in [0.15, 0.2) is 36.5 Å².